The molecule has 0 spiro atoms. The van der Waals surface area contributed by atoms with Gasteiger partial charge in [-0.25, -0.2) is 8.78 Å². The number of anilines is 1. The van der Waals surface area contributed by atoms with Crippen molar-refractivity contribution in [2.24, 2.45) is 16.6 Å². The lowest BCUT2D eigenvalue weighted by Gasteiger charge is -2.09. The lowest BCUT2D eigenvalue weighted by Crippen LogP contribution is -2.24. The van der Waals surface area contributed by atoms with E-state index in [4.69, 9.17) is 5.73 Å². The van der Waals surface area contributed by atoms with Crippen molar-refractivity contribution in [3.63, 3.8) is 0 Å². The molecule has 17 heavy (non-hydrogen) atoms. The number of halogens is 3. The first-order valence-corrected chi connectivity index (χ1v) is 5.91. The third-order valence-electron chi connectivity index (χ3n) is 1.89. The number of benzene rings is 1. The molecule has 0 aliphatic heterocycles. The van der Waals surface area contributed by atoms with Crippen LogP contribution < -0.4 is 11.1 Å². The van der Waals surface area contributed by atoms with Gasteiger partial charge in [0.05, 0.1) is 0 Å². The normalized spacial score (nSPS) is 12.0. The van der Waals surface area contributed by atoms with Crippen molar-refractivity contribution in [2.45, 2.75) is 13.8 Å². The van der Waals surface area contributed by atoms with Crippen LogP contribution in [-0.2, 0) is 0 Å². The monoisotopic (exact) mass is 305 g/mol. The van der Waals surface area contributed by atoms with E-state index in [9.17, 15) is 8.78 Å². The van der Waals surface area contributed by atoms with Gasteiger partial charge >= 0.3 is 0 Å². The van der Waals surface area contributed by atoms with Gasteiger partial charge in [-0.3, -0.25) is 4.99 Å². The van der Waals surface area contributed by atoms with Crippen molar-refractivity contribution < 1.29 is 8.78 Å². The standard InChI is InChI=1S/C11H14BrF2N3/c1-6(2)5-16-11(15)17-10-8(13)3-7(12)4-9(10)14/h3-4,6H,5H2,1-2H3,(H3,15,16,17). The Hall–Kier alpha value is -1.17. The number of nitrogens with zero attached hydrogens (tertiary/aromatic N) is 1. The quantitative estimate of drug-likeness (QED) is 0.666. The van der Waals surface area contributed by atoms with Crippen LogP contribution in [0.25, 0.3) is 0 Å². The maximum Gasteiger partial charge on any atom is 0.193 e. The molecule has 0 fully saturated rings. The molecule has 94 valence electrons. The number of hydrogen-bond donors (Lipinski definition) is 2. The zero-order chi connectivity index (χ0) is 13.0. The number of aliphatic imine (C=N–C) groups is 1. The highest BCUT2D eigenvalue weighted by Gasteiger charge is 2.11. The van der Waals surface area contributed by atoms with Crippen molar-refractivity contribution in [2.75, 3.05) is 11.9 Å². The van der Waals surface area contributed by atoms with Crippen LogP contribution in [0.2, 0.25) is 0 Å². The van der Waals surface area contributed by atoms with Gasteiger partial charge in [0.25, 0.3) is 0 Å². The summed E-state index contributed by atoms with van der Waals surface area (Å²) in [7, 11) is 0. The molecular formula is C11H14BrF2N3. The molecule has 0 unspecified atom stereocenters. The van der Waals surface area contributed by atoms with Crippen LogP contribution in [0.15, 0.2) is 21.6 Å². The molecule has 6 heteroatoms. The highest BCUT2D eigenvalue weighted by Crippen LogP contribution is 2.23. The summed E-state index contributed by atoms with van der Waals surface area (Å²) < 4.78 is 27.2. The zero-order valence-electron chi connectivity index (χ0n) is 9.60. The minimum atomic E-state index is -0.723. The van der Waals surface area contributed by atoms with E-state index in [1.165, 1.54) is 0 Å². The molecule has 0 bridgehead atoms. The fraction of sp³-hybridized carbons (Fsp3) is 0.364. The Morgan fingerprint density at radius 2 is 1.94 bits per heavy atom. The van der Waals surface area contributed by atoms with E-state index in [1.54, 1.807) is 0 Å². The van der Waals surface area contributed by atoms with E-state index in [0.717, 1.165) is 12.1 Å². The molecule has 0 heterocycles. The van der Waals surface area contributed by atoms with Crippen molar-refractivity contribution in [3.05, 3.63) is 28.2 Å². The first-order chi connectivity index (χ1) is 7.90. The second-order valence-corrected chi connectivity index (χ2v) is 4.90. The number of rotatable bonds is 3. The third-order valence-corrected chi connectivity index (χ3v) is 2.34. The molecule has 1 aromatic carbocycles. The first kappa shape index (κ1) is 13.9. The van der Waals surface area contributed by atoms with Gasteiger partial charge in [0.15, 0.2) is 17.6 Å². The Morgan fingerprint density at radius 1 is 1.41 bits per heavy atom. The van der Waals surface area contributed by atoms with Gasteiger partial charge in [0.1, 0.15) is 5.69 Å². The van der Waals surface area contributed by atoms with Crippen molar-refractivity contribution in [1.82, 2.24) is 0 Å². The third kappa shape index (κ3) is 4.30. The molecule has 0 saturated heterocycles. The van der Waals surface area contributed by atoms with Crippen LogP contribution in [0.4, 0.5) is 14.5 Å². The number of nitrogens with two attached hydrogens (primary N) is 1. The molecule has 0 saturated carbocycles. The van der Waals surface area contributed by atoms with Gasteiger partial charge < -0.3 is 11.1 Å². The maximum absolute atomic E-state index is 13.4. The molecule has 0 amide bonds. The van der Waals surface area contributed by atoms with Crippen LogP contribution >= 0.6 is 15.9 Å². The van der Waals surface area contributed by atoms with Gasteiger partial charge in [-0.2, -0.15) is 0 Å². The fourth-order valence-electron chi connectivity index (χ4n) is 1.11. The summed E-state index contributed by atoms with van der Waals surface area (Å²) >= 11 is 2.99. The zero-order valence-corrected chi connectivity index (χ0v) is 11.2. The highest BCUT2D eigenvalue weighted by atomic mass is 79.9. The molecule has 1 aromatic rings. The molecule has 3 N–H and O–H groups in total. The van der Waals surface area contributed by atoms with E-state index in [2.05, 4.69) is 26.2 Å². The lowest BCUT2D eigenvalue weighted by atomic mass is 10.2. The van der Waals surface area contributed by atoms with Crippen LogP contribution in [0, 0.1) is 17.6 Å². The van der Waals surface area contributed by atoms with Crippen LogP contribution in [-0.4, -0.2) is 12.5 Å². The van der Waals surface area contributed by atoms with Crippen molar-refractivity contribution in [1.29, 1.82) is 0 Å². The number of nitrogens with one attached hydrogen (secondary N) is 1. The minimum Gasteiger partial charge on any atom is -0.370 e. The first-order valence-electron chi connectivity index (χ1n) is 5.11. The molecule has 1 rings (SSSR count). The largest absolute Gasteiger partial charge is 0.370 e. The minimum absolute atomic E-state index is 0.00109. The average molecular weight is 306 g/mol. The SMILES string of the molecule is CC(C)CN=C(N)Nc1c(F)cc(Br)cc1F. The Labute approximate surface area is 107 Å². The van der Waals surface area contributed by atoms with Crippen molar-refractivity contribution >= 4 is 27.6 Å². The Balaban J connectivity index is 2.85. The summed E-state index contributed by atoms with van der Waals surface area (Å²) in [6.45, 7) is 4.44. The topological polar surface area (TPSA) is 50.4 Å². The predicted molar refractivity (Wildman–Crippen MR) is 69.0 cm³/mol. The van der Waals surface area contributed by atoms with Gasteiger partial charge in [-0.05, 0) is 18.1 Å². The molecular weight excluding hydrogens is 292 g/mol. The molecule has 0 radical (unpaired) electrons. The Morgan fingerprint density at radius 3 is 2.41 bits per heavy atom. The number of hydrogen-bond acceptors (Lipinski definition) is 1. The average Bonchev–Trinajstić information content (AvgIpc) is 2.20. The Kier molecular flexibility index (Phi) is 4.86. The summed E-state index contributed by atoms with van der Waals surface area (Å²) in [6, 6.07) is 2.31. The van der Waals surface area contributed by atoms with Gasteiger partial charge in [0.2, 0.25) is 0 Å². The summed E-state index contributed by atoms with van der Waals surface area (Å²) in [5, 5.41) is 2.42. The van der Waals surface area contributed by atoms with Gasteiger partial charge in [0, 0.05) is 11.0 Å². The second-order valence-electron chi connectivity index (χ2n) is 3.99. The summed E-state index contributed by atoms with van der Waals surface area (Å²) in [5.74, 6) is -1.12. The summed E-state index contributed by atoms with van der Waals surface area (Å²) in [5.41, 5.74) is 5.23. The highest BCUT2D eigenvalue weighted by molar-refractivity contribution is 9.10. The molecule has 0 aliphatic carbocycles. The molecule has 0 aliphatic rings. The van der Waals surface area contributed by atoms with Crippen LogP contribution in [0.3, 0.4) is 0 Å². The van der Waals surface area contributed by atoms with Crippen LogP contribution in [0.5, 0.6) is 0 Å². The molecule has 3 nitrogen and oxygen atoms in total. The summed E-state index contributed by atoms with van der Waals surface area (Å²) in [4.78, 5) is 3.96. The summed E-state index contributed by atoms with van der Waals surface area (Å²) in [6.07, 6.45) is 0. The lowest BCUT2D eigenvalue weighted by molar-refractivity contribution is 0.589. The predicted octanol–water partition coefficient (Wildman–Crippen LogP) is 3.11. The molecule has 0 aromatic heterocycles. The second kappa shape index (κ2) is 5.95. The van der Waals surface area contributed by atoms with Crippen LogP contribution in [0.1, 0.15) is 13.8 Å². The van der Waals surface area contributed by atoms with Gasteiger partial charge in [-0.15, -0.1) is 0 Å². The smallest absolute Gasteiger partial charge is 0.193 e. The molecule has 0 atom stereocenters. The van der Waals surface area contributed by atoms with Crippen molar-refractivity contribution in [3.8, 4) is 0 Å². The number of guanidine groups is 1. The van der Waals surface area contributed by atoms with E-state index >= 15 is 0 Å². The maximum atomic E-state index is 13.4. The van der Waals surface area contributed by atoms with E-state index in [-0.39, 0.29) is 11.6 Å². The van der Waals surface area contributed by atoms with E-state index in [0.29, 0.717) is 16.9 Å². The Bertz CT molecular complexity index is 410. The van der Waals surface area contributed by atoms with Gasteiger partial charge in [-0.1, -0.05) is 29.8 Å². The fourth-order valence-corrected chi connectivity index (χ4v) is 1.51. The van der Waals surface area contributed by atoms with E-state index < -0.39 is 11.6 Å². The van der Waals surface area contributed by atoms with E-state index in [1.807, 2.05) is 13.8 Å².